The molecule has 1 N–H and O–H groups in total. The van der Waals surface area contributed by atoms with E-state index in [4.69, 9.17) is 25.8 Å². The van der Waals surface area contributed by atoms with Gasteiger partial charge in [-0.1, -0.05) is 38.4 Å². The van der Waals surface area contributed by atoms with Crippen LogP contribution in [0.3, 0.4) is 0 Å². The molecule has 0 aliphatic rings. The fourth-order valence-corrected chi connectivity index (χ4v) is 4.49. The zero-order valence-electron chi connectivity index (χ0n) is 24.2. The Morgan fingerprint density at radius 1 is 1.02 bits per heavy atom. The van der Waals surface area contributed by atoms with Crippen LogP contribution in [-0.2, 0) is 39.6 Å². The van der Waals surface area contributed by atoms with Crippen LogP contribution in [0.4, 0.5) is 5.69 Å². The average Bonchev–Trinajstić information content (AvgIpc) is 3.26. The maximum Gasteiger partial charge on any atom is 0.221 e. The molecule has 10 heteroatoms. The molecule has 0 atom stereocenters. The van der Waals surface area contributed by atoms with Gasteiger partial charge in [0.05, 0.1) is 23.5 Å². The van der Waals surface area contributed by atoms with Gasteiger partial charge in [-0.25, -0.2) is 0 Å². The number of methoxy groups -OCH3 is 1. The minimum atomic E-state index is -0.234. The van der Waals surface area contributed by atoms with Gasteiger partial charge in [0.25, 0.3) is 0 Å². The molecular formula is C31H35ClN4O5. The van der Waals surface area contributed by atoms with Gasteiger partial charge in [0.15, 0.2) is 0 Å². The van der Waals surface area contributed by atoms with Crippen LogP contribution in [0.2, 0.25) is 5.02 Å². The van der Waals surface area contributed by atoms with E-state index >= 15 is 0 Å². The molecule has 41 heavy (non-hydrogen) atoms. The normalized spacial score (nSPS) is 11.5. The number of halogens is 1. The van der Waals surface area contributed by atoms with Gasteiger partial charge >= 0.3 is 0 Å². The Labute approximate surface area is 244 Å². The Balaban J connectivity index is 1.52. The van der Waals surface area contributed by atoms with Gasteiger partial charge in [0.2, 0.25) is 5.91 Å². The van der Waals surface area contributed by atoms with Crippen molar-refractivity contribution in [1.82, 2.24) is 14.8 Å². The molecule has 216 valence electrons. The van der Waals surface area contributed by atoms with E-state index in [9.17, 15) is 9.59 Å². The van der Waals surface area contributed by atoms with Crippen molar-refractivity contribution < 1.29 is 23.8 Å². The number of carbonyl (C=O) groups is 2. The van der Waals surface area contributed by atoms with Gasteiger partial charge in [0, 0.05) is 67.7 Å². The monoisotopic (exact) mass is 578 g/mol. The first-order valence-corrected chi connectivity index (χ1v) is 13.7. The fourth-order valence-electron chi connectivity index (χ4n) is 4.26. The predicted octanol–water partition coefficient (Wildman–Crippen LogP) is 6.05. The van der Waals surface area contributed by atoms with Gasteiger partial charge in [-0.2, -0.15) is 5.10 Å². The molecule has 0 aliphatic heterocycles. The van der Waals surface area contributed by atoms with Crippen molar-refractivity contribution in [3.63, 3.8) is 0 Å². The van der Waals surface area contributed by atoms with Gasteiger partial charge in [0.1, 0.15) is 29.6 Å². The maximum absolute atomic E-state index is 12.9. The SMILES string of the molecule is COCCOc1cc2nccc(Oc3ccc(CC(=O)Cc4cc(C(C)(C)C)nn4C)c(Cl)c3)c2cc1NC(C)=O. The number of ether oxygens (including phenoxy) is 3. The van der Waals surface area contributed by atoms with E-state index in [1.165, 1.54) is 6.92 Å². The molecule has 2 aromatic heterocycles. The Kier molecular flexibility index (Phi) is 9.30. The molecule has 0 fully saturated rings. The van der Waals surface area contributed by atoms with Gasteiger partial charge < -0.3 is 19.5 Å². The van der Waals surface area contributed by atoms with Crippen LogP contribution in [0.1, 0.15) is 44.6 Å². The molecule has 0 bridgehead atoms. The van der Waals surface area contributed by atoms with E-state index in [1.54, 1.807) is 54.4 Å². The number of anilines is 1. The van der Waals surface area contributed by atoms with E-state index in [0.717, 1.165) is 11.4 Å². The maximum atomic E-state index is 12.9. The van der Waals surface area contributed by atoms with E-state index in [1.807, 2.05) is 13.1 Å². The number of hydrogen-bond acceptors (Lipinski definition) is 7. The lowest BCUT2D eigenvalue weighted by Crippen LogP contribution is -2.12. The lowest BCUT2D eigenvalue weighted by molar-refractivity contribution is -0.118. The first-order chi connectivity index (χ1) is 19.4. The summed E-state index contributed by atoms with van der Waals surface area (Å²) in [7, 11) is 3.44. The highest BCUT2D eigenvalue weighted by molar-refractivity contribution is 6.31. The van der Waals surface area contributed by atoms with Crippen molar-refractivity contribution in [1.29, 1.82) is 0 Å². The summed E-state index contributed by atoms with van der Waals surface area (Å²) in [4.78, 5) is 29.2. The van der Waals surface area contributed by atoms with Crippen LogP contribution < -0.4 is 14.8 Å². The molecule has 0 spiro atoms. The van der Waals surface area contributed by atoms with Crippen molar-refractivity contribution in [3.8, 4) is 17.2 Å². The first kappa shape index (κ1) is 30.0. The number of nitrogens with zero attached hydrogens (tertiary/aromatic N) is 3. The zero-order valence-corrected chi connectivity index (χ0v) is 25.0. The number of carbonyl (C=O) groups excluding carboxylic acids is 2. The third-order valence-corrected chi connectivity index (χ3v) is 6.77. The Bertz CT molecular complexity index is 1580. The molecule has 9 nitrogen and oxygen atoms in total. The lowest BCUT2D eigenvalue weighted by Gasteiger charge is -2.15. The second kappa shape index (κ2) is 12.7. The summed E-state index contributed by atoms with van der Waals surface area (Å²) in [5.74, 6) is 1.31. The number of amides is 1. The van der Waals surface area contributed by atoms with E-state index in [0.29, 0.717) is 57.6 Å². The third-order valence-electron chi connectivity index (χ3n) is 6.42. The summed E-state index contributed by atoms with van der Waals surface area (Å²) >= 11 is 6.58. The highest BCUT2D eigenvalue weighted by Gasteiger charge is 2.20. The molecular weight excluding hydrogens is 544 g/mol. The number of pyridine rings is 1. The van der Waals surface area contributed by atoms with Crippen LogP contribution in [0.25, 0.3) is 10.9 Å². The molecule has 0 saturated heterocycles. The van der Waals surface area contributed by atoms with Crippen LogP contribution in [0.15, 0.2) is 48.7 Å². The number of nitrogens with one attached hydrogen (secondary N) is 1. The molecule has 2 heterocycles. The summed E-state index contributed by atoms with van der Waals surface area (Å²) in [6.07, 6.45) is 2.09. The Hall–Kier alpha value is -3.95. The summed E-state index contributed by atoms with van der Waals surface area (Å²) in [5, 5.41) is 8.47. The van der Waals surface area contributed by atoms with Crippen molar-refractivity contribution in [3.05, 3.63) is 70.6 Å². The fraction of sp³-hybridized carbons (Fsp3) is 0.355. The molecule has 0 radical (unpaired) electrons. The number of rotatable bonds is 11. The Morgan fingerprint density at radius 3 is 2.46 bits per heavy atom. The van der Waals surface area contributed by atoms with Crippen molar-refractivity contribution in [2.75, 3.05) is 25.6 Å². The van der Waals surface area contributed by atoms with E-state index < -0.39 is 0 Å². The van der Waals surface area contributed by atoms with Crippen LogP contribution in [-0.4, -0.2) is 46.8 Å². The smallest absolute Gasteiger partial charge is 0.221 e. The summed E-state index contributed by atoms with van der Waals surface area (Å²) in [6, 6.07) is 12.5. The van der Waals surface area contributed by atoms with Crippen LogP contribution in [0.5, 0.6) is 17.2 Å². The largest absolute Gasteiger partial charge is 0.489 e. The number of hydrogen-bond donors (Lipinski definition) is 1. The number of Topliss-reactive ketones (excluding diaryl/α,β-unsaturated/α-hetero) is 1. The molecule has 0 aliphatic carbocycles. The highest BCUT2D eigenvalue weighted by Crippen LogP contribution is 2.37. The van der Waals surface area contributed by atoms with E-state index in [2.05, 4.69) is 36.2 Å². The van der Waals surface area contributed by atoms with Crippen LogP contribution in [0, 0.1) is 0 Å². The number of aromatic nitrogens is 3. The number of benzene rings is 2. The summed E-state index contributed by atoms with van der Waals surface area (Å²) < 4.78 is 18.8. The average molecular weight is 579 g/mol. The zero-order chi connectivity index (χ0) is 29.7. The van der Waals surface area contributed by atoms with Crippen molar-refractivity contribution in [2.45, 2.75) is 46.0 Å². The lowest BCUT2D eigenvalue weighted by atomic mass is 9.92. The number of ketones is 1. The second-order valence-corrected chi connectivity index (χ2v) is 11.2. The summed E-state index contributed by atoms with van der Waals surface area (Å²) in [5.41, 5.74) is 3.56. The van der Waals surface area contributed by atoms with E-state index in [-0.39, 0.29) is 29.9 Å². The van der Waals surface area contributed by atoms with Gasteiger partial charge in [-0.3, -0.25) is 19.3 Å². The molecule has 1 amide bonds. The van der Waals surface area contributed by atoms with Gasteiger partial charge in [-0.05, 0) is 35.9 Å². The first-order valence-electron chi connectivity index (χ1n) is 13.3. The molecule has 4 aromatic rings. The van der Waals surface area contributed by atoms with Crippen LogP contribution >= 0.6 is 11.6 Å². The minimum Gasteiger partial charge on any atom is -0.489 e. The minimum absolute atomic E-state index is 0.0400. The number of aryl methyl sites for hydroxylation is 1. The molecule has 2 aromatic carbocycles. The quantitative estimate of drug-likeness (QED) is 0.216. The third kappa shape index (κ3) is 7.62. The Morgan fingerprint density at radius 2 is 1.80 bits per heavy atom. The number of fused-ring (bicyclic) bond motifs is 1. The van der Waals surface area contributed by atoms with Crippen molar-refractivity contribution >= 4 is 39.9 Å². The van der Waals surface area contributed by atoms with Gasteiger partial charge in [-0.15, -0.1) is 0 Å². The topological polar surface area (TPSA) is 105 Å². The second-order valence-electron chi connectivity index (χ2n) is 10.8. The molecule has 4 rings (SSSR count). The molecule has 0 saturated carbocycles. The summed E-state index contributed by atoms with van der Waals surface area (Å²) in [6.45, 7) is 8.43. The highest BCUT2D eigenvalue weighted by atomic mass is 35.5. The molecule has 0 unspecified atom stereocenters. The standard InChI is InChI=1S/C31H35ClN4O5/c1-19(37)34-27-17-24-26(18-29(27)40-12-11-39-6)33-10-9-28(24)41-23-8-7-20(25(32)16-23)13-22(38)14-21-15-30(31(2,3)4)35-36(21)5/h7-10,15-18H,11-14H2,1-6H3,(H,34,37). The van der Waals surface area contributed by atoms with Crippen molar-refractivity contribution in [2.24, 2.45) is 7.05 Å². The predicted molar refractivity (Wildman–Crippen MR) is 159 cm³/mol.